The summed E-state index contributed by atoms with van der Waals surface area (Å²) in [4.78, 5) is 44.9. The number of benzene rings is 3. The maximum Gasteiger partial charge on any atom is 0.416 e. The Hall–Kier alpha value is -5.55. The molecule has 16 heteroatoms. The molecule has 0 radical (unpaired) electrons. The van der Waals surface area contributed by atoms with Crippen molar-refractivity contribution in [2.75, 3.05) is 83.2 Å². The molecule has 0 aliphatic rings. The molecular weight excluding hydrogens is 808 g/mol. The number of rotatable bonds is 24. The summed E-state index contributed by atoms with van der Waals surface area (Å²) in [6.07, 6.45) is -2.05. The van der Waals surface area contributed by atoms with E-state index in [9.17, 15) is 27.6 Å². The van der Waals surface area contributed by atoms with E-state index in [4.69, 9.17) is 23.7 Å². The number of carbonyl (C=O) groups is 3. The van der Waals surface area contributed by atoms with Gasteiger partial charge in [0.25, 0.3) is 11.8 Å². The van der Waals surface area contributed by atoms with Gasteiger partial charge in [-0.25, -0.2) is 4.79 Å². The lowest BCUT2D eigenvalue weighted by molar-refractivity contribution is -0.137. The molecule has 1 heterocycles. The van der Waals surface area contributed by atoms with E-state index >= 15 is 0 Å². The van der Waals surface area contributed by atoms with Gasteiger partial charge >= 0.3 is 12.3 Å². The first kappa shape index (κ1) is 49.1. The lowest BCUT2D eigenvalue weighted by Crippen LogP contribution is -2.34. The van der Waals surface area contributed by atoms with Crippen LogP contribution in [-0.2, 0) is 42.8 Å². The molecule has 0 bridgehead atoms. The van der Waals surface area contributed by atoms with Crippen LogP contribution < -0.4 is 20.9 Å². The Morgan fingerprint density at radius 2 is 1.35 bits per heavy atom. The van der Waals surface area contributed by atoms with E-state index in [0.717, 1.165) is 36.3 Å². The molecule has 3 aromatic carbocycles. The van der Waals surface area contributed by atoms with E-state index in [1.807, 2.05) is 49.2 Å². The van der Waals surface area contributed by atoms with E-state index in [1.54, 1.807) is 39.0 Å². The number of hydrogen-bond acceptors (Lipinski definition) is 10. The molecule has 62 heavy (non-hydrogen) atoms. The quantitative estimate of drug-likeness (QED) is 0.0593. The van der Waals surface area contributed by atoms with E-state index in [0.29, 0.717) is 93.9 Å². The molecule has 3 amide bonds. The second-order valence-corrected chi connectivity index (χ2v) is 15.2. The van der Waals surface area contributed by atoms with Crippen molar-refractivity contribution in [3.8, 4) is 11.3 Å². The SMILES string of the molecule is CCN(C)c1ccc(NC(=O)c2cccc(CCCOCCOCCOCCOCCNC(=O)OC(C)(C)C)c2)c(-c2cc(C(=O)NCc3cccc(C(F)(F)F)c3)ccn2)c1. The number of halogens is 3. The molecule has 3 N–H and O–H groups in total. The van der Waals surface area contributed by atoms with Crippen molar-refractivity contribution in [2.45, 2.75) is 58.9 Å². The average molecular weight is 866 g/mol. The van der Waals surface area contributed by atoms with Crippen LogP contribution in [0.5, 0.6) is 0 Å². The maximum absolute atomic E-state index is 13.6. The van der Waals surface area contributed by atoms with Crippen molar-refractivity contribution in [2.24, 2.45) is 0 Å². The van der Waals surface area contributed by atoms with Crippen molar-refractivity contribution in [3.63, 3.8) is 0 Å². The highest BCUT2D eigenvalue weighted by Crippen LogP contribution is 2.32. The zero-order chi connectivity index (χ0) is 45.0. The monoisotopic (exact) mass is 865 g/mol. The van der Waals surface area contributed by atoms with Crippen LogP contribution in [-0.4, -0.2) is 101 Å². The fourth-order valence-corrected chi connectivity index (χ4v) is 5.88. The third-order valence-electron chi connectivity index (χ3n) is 9.15. The molecule has 0 unspecified atom stereocenters. The van der Waals surface area contributed by atoms with Crippen molar-refractivity contribution < 1.29 is 51.2 Å². The van der Waals surface area contributed by atoms with Gasteiger partial charge in [-0.05, 0) is 106 Å². The van der Waals surface area contributed by atoms with Crippen molar-refractivity contribution in [1.82, 2.24) is 15.6 Å². The number of pyridine rings is 1. The van der Waals surface area contributed by atoms with Crippen LogP contribution in [0, 0.1) is 0 Å². The lowest BCUT2D eigenvalue weighted by Gasteiger charge is -2.20. The van der Waals surface area contributed by atoms with E-state index < -0.39 is 29.3 Å². The number of anilines is 2. The summed E-state index contributed by atoms with van der Waals surface area (Å²) in [5.41, 5.74) is 3.04. The van der Waals surface area contributed by atoms with Gasteiger partial charge in [-0.3, -0.25) is 14.6 Å². The summed E-state index contributed by atoms with van der Waals surface area (Å²) >= 11 is 0. The number of hydrogen-bond donors (Lipinski definition) is 3. The van der Waals surface area contributed by atoms with Crippen LogP contribution >= 0.6 is 0 Å². The molecule has 0 atom stereocenters. The first-order valence-corrected chi connectivity index (χ1v) is 20.6. The smallest absolute Gasteiger partial charge is 0.416 e. The van der Waals surface area contributed by atoms with Gasteiger partial charge in [0, 0.05) is 61.9 Å². The third-order valence-corrected chi connectivity index (χ3v) is 9.15. The largest absolute Gasteiger partial charge is 0.444 e. The summed E-state index contributed by atoms with van der Waals surface area (Å²) in [6.45, 7) is 11.8. The molecule has 1 aromatic heterocycles. The number of aryl methyl sites for hydroxylation is 1. The van der Waals surface area contributed by atoms with Gasteiger partial charge < -0.3 is 44.5 Å². The molecule has 0 fully saturated rings. The van der Waals surface area contributed by atoms with Crippen LogP contribution in [0.4, 0.5) is 29.3 Å². The molecule has 0 aliphatic carbocycles. The number of carbonyl (C=O) groups excluding carboxylic acids is 3. The van der Waals surface area contributed by atoms with Crippen LogP contribution in [0.1, 0.15) is 71.5 Å². The standard InChI is InChI=1S/C46H58F3N5O8/c1-6-54(5)38-15-16-40(39(31-38)41-30-36(17-18-50-41)42(55)52-32-34-11-8-14-37(29-34)46(47,48)49)53-43(56)35-13-7-10-33(28-35)12-9-20-58-22-24-60-26-27-61-25-23-59-21-19-51-44(57)62-45(2,3)4/h7-8,10-11,13-18,28-31H,6,9,12,19-27,32H2,1-5H3,(H,51,57)(H,52,55)(H,53,56). The number of nitrogens with one attached hydrogen (secondary N) is 3. The molecular formula is C46H58F3N5O8. The number of ether oxygens (including phenoxy) is 5. The minimum absolute atomic E-state index is 0.101. The number of nitrogens with zero attached hydrogens (tertiary/aromatic N) is 2. The lowest BCUT2D eigenvalue weighted by atomic mass is 10.0. The van der Waals surface area contributed by atoms with Crippen molar-refractivity contribution in [1.29, 1.82) is 0 Å². The Kier molecular flexibility index (Phi) is 19.6. The molecule has 4 rings (SSSR count). The molecule has 13 nitrogen and oxygen atoms in total. The van der Waals surface area contributed by atoms with E-state index in [-0.39, 0.29) is 18.0 Å². The van der Waals surface area contributed by atoms with Crippen molar-refractivity contribution >= 4 is 29.3 Å². The molecule has 0 spiro atoms. The highest BCUT2D eigenvalue weighted by molar-refractivity contribution is 6.06. The topological polar surface area (TPSA) is 150 Å². The van der Waals surface area contributed by atoms with Crippen molar-refractivity contribution in [3.05, 3.63) is 113 Å². The number of alkyl carbamates (subject to hydrolysis) is 1. The van der Waals surface area contributed by atoms with Gasteiger partial charge in [0.2, 0.25) is 0 Å². The number of aromatic nitrogens is 1. The molecule has 0 saturated heterocycles. The Morgan fingerprint density at radius 1 is 0.710 bits per heavy atom. The van der Waals surface area contributed by atoms with Gasteiger partial charge in [0.15, 0.2) is 0 Å². The Morgan fingerprint density at radius 3 is 2.03 bits per heavy atom. The van der Waals surface area contributed by atoms with Gasteiger partial charge in [0.1, 0.15) is 5.60 Å². The predicted molar refractivity (Wildman–Crippen MR) is 231 cm³/mol. The second kappa shape index (κ2) is 24.8. The van der Waals surface area contributed by atoms with E-state index in [1.165, 1.54) is 24.4 Å². The predicted octanol–water partition coefficient (Wildman–Crippen LogP) is 7.93. The molecule has 0 aliphatic heterocycles. The summed E-state index contributed by atoms with van der Waals surface area (Å²) in [6, 6.07) is 20.9. The van der Waals surface area contributed by atoms with Crippen LogP contribution in [0.3, 0.4) is 0 Å². The third kappa shape index (κ3) is 17.4. The minimum atomic E-state index is -4.49. The summed E-state index contributed by atoms with van der Waals surface area (Å²) in [5, 5.41) is 8.34. The first-order chi connectivity index (χ1) is 29.6. The average Bonchev–Trinajstić information content (AvgIpc) is 3.24. The van der Waals surface area contributed by atoms with Gasteiger partial charge in [0.05, 0.1) is 63.2 Å². The Labute approximate surface area is 361 Å². The van der Waals surface area contributed by atoms with Crippen LogP contribution in [0.2, 0.25) is 0 Å². The Balaban J connectivity index is 1.21. The second-order valence-electron chi connectivity index (χ2n) is 15.2. The minimum Gasteiger partial charge on any atom is -0.444 e. The fraction of sp³-hybridized carbons (Fsp3) is 0.435. The summed E-state index contributed by atoms with van der Waals surface area (Å²) in [5.74, 6) is -0.809. The fourth-order valence-electron chi connectivity index (χ4n) is 5.88. The number of amides is 3. The zero-order valence-corrected chi connectivity index (χ0v) is 36.1. The molecule has 336 valence electrons. The van der Waals surface area contributed by atoms with Gasteiger partial charge in [-0.1, -0.05) is 24.3 Å². The van der Waals surface area contributed by atoms with E-state index in [2.05, 4.69) is 20.9 Å². The van der Waals surface area contributed by atoms with Crippen LogP contribution in [0.15, 0.2) is 85.1 Å². The van der Waals surface area contributed by atoms with Gasteiger partial charge in [-0.15, -0.1) is 0 Å². The normalized spacial score (nSPS) is 11.5. The molecule has 4 aromatic rings. The zero-order valence-electron chi connectivity index (χ0n) is 36.1. The maximum atomic E-state index is 13.6. The highest BCUT2D eigenvalue weighted by atomic mass is 19.4. The first-order valence-electron chi connectivity index (χ1n) is 20.6. The summed E-state index contributed by atoms with van der Waals surface area (Å²) < 4.78 is 67.0. The molecule has 0 saturated carbocycles. The highest BCUT2D eigenvalue weighted by Gasteiger charge is 2.30. The summed E-state index contributed by atoms with van der Waals surface area (Å²) in [7, 11) is 1.93. The van der Waals surface area contributed by atoms with Crippen LogP contribution in [0.25, 0.3) is 11.3 Å². The van der Waals surface area contributed by atoms with Gasteiger partial charge in [-0.2, -0.15) is 13.2 Å². The number of alkyl halides is 3. The Bertz CT molecular complexity index is 2040.